The van der Waals surface area contributed by atoms with E-state index in [4.69, 9.17) is 4.74 Å². The van der Waals surface area contributed by atoms with E-state index in [1.54, 1.807) is 5.57 Å². The second-order valence-corrected chi connectivity index (χ2v) is 10.8. The molecule has 6 rings (SSSR count). The number of hydrogen-bond donors (Lipinski definition) is 0. The molecule has 1 aromatic rings. The molecule has 1 aromatic carbocycles. The van der Waals surface area contributed by atoms with Crippen LogP contribution in [0.25, 0.3) is 0 Å². The van der Waals surface area contributed by atoms with E-state index in [-0.39, 0.29) is 16.8 Å². The molecular formula is C29H31NO2. The van der Waals surface area contributed by atoms with E-state index < -0.39 is 0 Å². The number of benzene rings is 1. The number of hydrogen-bond acceptors (Lipinski definition) is 3. The van der Waals surface area contributed by atoms with Crippen LogP contribution >= 0.6 is 0 Å². The number of nitriles is 1. The van der Waals surface area contributed by atoms with Gasteiger partial charge in [0.15, 0.2) is 5.78 Å². The Morgan fingerprint density at radius 3 is 2.66 bits per heavy atom. The normalized spacial score (nSPS) is 38.2. The Labute approximate surface area is 190 Å². The first-order chi connectivity index (χ1) is 15.5. The smallest absolute Gasteiger partial charge is 0.156 e. The third-order valence-corrected chi connectivity index (χ3v) is 9.62. The molecule has 0 bridgehead atoms. The van der Waals surface area contributed by atoms with Crippen LogP contribution in [0.2, 0.25) is 0 Å². The molecule has 3 fully saturated rings. The maximum Gasteiger partial charge on any atom is 0.156 e. The number of nitrogens with zero attached hydrogens (tertiary/aromatic N) is 1. The van der Waals surface area contributed by atoms with E-state index in [9.17, 15) is 10.1 Å². The first-order valence-electron chi connectivity index (χ1n) is 12.3. The molecule has 0 N–H and O–H groups in total. The molecule has 3 nitrogen and oxygen atoms in total. The van der Waals surface area contributed by atoms with Crippen molar-refractivity contribution >= 4 is 5.78 Å². The van der Waals surface area contributed by atoms with Gasteiger partial charge in [0.2, 0.25) is 0 Å². The number of ether oxygens (including phenoxy) is 1. The summed E-state index contributed by atoms with van der Waals surface area (Å²) in [5.74, 6) is 1.75. The number of rotatable bonds is 1. The Bertz CT molecular complexity index is 1120. The van der Waals surface area contributed by atoms with E-state index in [1.807, 2.05) is 18.2 Å². The molecule has 32 heavy (non-hydrogen) atoms. The zero-order chi connectivity index (χ0) is 22.1. The van der Waals surface area contributed by atoms with Crippen LogP contribution in [-0.4, -0.2) is 18.0 Å². The predicted octanol–water partition coefficient (Wildman–Crippen LogP) is 6.17. The van der Waals surface area contributed by atoms with Crippen LogP contribution in [0, 0.1) is 28.6 Å². The van der Waals surface area contributed by atoms with Gasteiger partial charge in [-0.3, -0.25) is 4.79 Å². The lowest BCUT2D eigenvalue weighted by molar-refractivity contribution is -0.114. The fourth-order valence-electron chi connectivity index (χ4n) is 8.21. The van der Waals surface area contributed by atoms with Crippen molar-refractivity contribution in [3.63, 3.8) is 0 Å². The highest BCUT2D eigenvalue weighted by atomic mass is 16.5. The molecule has 1 aliphatic heterocycles. The lowest BCUT2D eigenvalue weighted by atomic mass is 9.50. The molecule has 164 valence electrons. The molecule has 0 aromatic heterocycles. The van der Waals surface area contributed by atoms with E-state index in [0.29, 0.717) is 29.7 Å². The highest BCUT2D eigenvalue weighted by Crippen LogP contribution is 2.70. The van der Waals surface area contributed by atoms with Gasteiger partial charge in [-0.25, -0.2) is 0 Å². The quantitative estimate of drug-likeness (QED) is 0.505. The molecule has 2 saturated carbocycles. The summed E-state index contributed by atoms with van der Waals surface area (Å²) in [6, 6.07) is 10.5. The maximum atomic E-state index is 12.2. The maximum absolute atomic E-state index is 12.2. The first kappa shape index (κ1) is 20.2. The number of carbonyl (C=O) groups excluding carboxylic acids is 1. The SMILES string of the molecule is C=C1CCO[C@@]12CC[C@H]1[C@@H]3CCC4=CC(=O)CCC4=C3[C@@H](c3ccc(C#N)cc3)C[C@@]12C. The summed E-state index contributed by atoms with van der Waals surface area (Å²) in [5.41, 5.74) is 7.57. The monoisotopic (exact) mass is 425 g/mol. The van der Waals surface area contributed by atoms with Crippen LogP contribution in [0.3, 0.4) is 0 Å². The van der Waals surface area contributed by atoms with Gasteiger partial charge in [0.25, 0.3) is 0 Å². The lowest BCUT2D eigenvalue weighted by Gasteiger charge is -2.55. The first-order valence-corrected chi connectivity index (χ1v) is 12.3. The molecular weight excluding hydrogens is 394 g/mol. The van der Waals surface area contributed by atoms with Gasteiger partial charge in [0.05, 0.1) is 23.8 Å². The van der Waals surface area contributed by atoms with Gasteiger partial charge in [0, 0.05) is 17.8 Å². The second kappa shape index (κ2) is 7.03. The molecule has 1 heterocycles. The summed E-state index contributed by atoms with van der Waals surface area (Å²) in [5, 5.41) is 9.31. The molecule has 1 spiro atoms. The minimum Gasteiger partial charge on any atom is -0.370 e. The van der Waals surface area contributed by atoms with Crippen molar-refractivity contribution in [1.82, 2.24) is 0 Å². The van der Waals surface area contributed by atoms with Crippen molar-refractivity contribution < 1.29 is 9.53 Å². The second-order valence-electron chi connectivity index (χ2n) is 10.8. The molecule has 0 unspecified atom stereocenters. The Morgan fingerprint density at radius 1 is 1.12 bits per heavy atom. The molecule has 3 heteroatoms. The average molecular weight is 426 g/mol. The summed E-state index contributed by atoms with van der Waals surface area (Å²) >= 11 is 0. The Morgan fingerprint density at radius 2 is 1.94 bits per heavy atom. The van der Waals surface area contributed by atoms with Crippen LogP contribution in [0.1, 0.15) is 75.3 Å². The highest BCUT2D eigenvalue weighted by molar-refractivity contribution is 5.93. The van der Waals surface area contributed by atoms with E-state index in [2.05, 4.69) is 31.7 Å². The summed E-state index contributed by atoms with van der Waals surface area (Å²) < 4.78 is 6.59. The van der Waals surface area contributed by atoms with E-state index in [0.717, 1.165) is 45.1 Å². The minimum absolute atomic E-state index is 0.0690. The number of fused-ring (bicyclic) bond motifs is 5. The van der Waals surface area contributed by atoms with Crippen molar-refractivity contribution in [3.8, 4) is 6.07 Å². The van der Waals surface area contributed by atoms with E-state index >= 15 is 0 Å². The van der Waals surface area contributed by atoms with Gasteiger partial charge in [-0.1, -0.05) is 31.2 Å². The molecule has 4 aliphatic carbocycles. The molecule has 5 atom stereocenters. The van der Waals surface area contributed by atoms with Gasteiger partial charge < -0.3 is 4.74 Å². The number of ketones is 1. The van der Waals surface area contributed by atoms with Crippen LogP contribution in [0.15, 0.2) is 59.2 Å². The number of allylic oxidation sites excluding steroid dienone is 4. The largest absolute Gasteiger partial charge is 0.370 e. The zero-order valence-electron chi connectivity index (χ0n) is 19.0. The van der Waals surface area contributed by atoms with Gasteiger partial charge in [-0.2, -0.15) is 5.26 Å². The fourth-order valence-corrected chi connectivity index (χ4v) is 8.21. The predicted molar refractivity (Wildman–Crippen MR) is 124 cm³/mol. The topological polar surface area (TPSA) is 50.1 Å². The van der Waals surface area contributed by atoms with Crippen molar-refractivity contribution in [2.75, 3.05) is 6.61 Å². The van der Waals surface area contributed by atoms with Gasteiger partial charge >= 0.3 is 0 Å². The summed E-state index contributed by atoms with van der Waals surface area (Å²) in [6.07, 6.45) is 9.95. The Kier molecular flexibility index (Phi) is 4.43. The van der Waals surface area contributed by atoms with Gasteiger partial charge in [0.1, 0.15) is 0 Å². The van der Waals surface area contributed by atoms with Crippen molar-refractivity contribution in [3.05, 3.63) is 70.3 Å². The zero-order valence-corrected chi connectivity index (χ0v) is 19.0. The third kappa shape index (κ3) is 2.59. The number of carbonyl (C=O) groups is 1. The summed E-state index contributed by atoms with van der Waals surface area (Å²) in [4.78, 5) is 12.2. The standard InChI is InChI=1S/C29H31NO2/c1-18-12-14-32-29(18)13-11-26-24-9-7-21-15-22(31)8-10-23(21)27(24)25(16-28(26,29)2)20-5-3-19(17-30)4-6-20/h3-6,15,24-26H,1,7-14,16H2,2H3/t24-,25+,26-,28-,29-/m0/s1. The lowest BCUT2D eigenvalue weighted by Crippen LogP contribution is -2.52. The molecule has 0 amide bonds. The van der Waals surface area contributed by atoms with Gasteiger partial charge in [-0.05, 0) is 97.3 Å². The van der Waals surface area contributed by atoms with Crippen LogP contribution in [0.4, 0.5) is 0 Å². The molecule has 5 aliphatic rings. The van der Waals surface area contributed by atoms with Crippen LogP contribution < -0.4 is 0 Å². The summed E-state index contributed by atoms with van der Waals surface area (Å²) in [7, 11) is 0. The van der Waals surface area contributed by atoms with Crippen molar-refractivity contribution in [2.45, 2.75) is 69.8 Å². The van der Waals surface area contributed by atoms with Crippen LogP contribution in [0.5, 0.6) is 0 Å². The van der Waals surface area contributed by atoms with Crippen LogP contribution in [-0.2, 0) is 9.53 Å². The average Bonchev–Trinajstić information content (AvgIpc) is 3.33. The summed E-state index contributed by atoms with van der Waals surface area (Å²) in [6.45, 7) is 7.79. The highest BCUT2D eigenvalue weighted by Gasteiger charge is 2.65. The molecule has 0 radical (unpaired) electrons. The third-order valence-electron chi connectivity index (χ3n) is 9.62. The van der Waals surface area contributed by atoms with E-state index in [1.165, 1.54) is 28.7 Å². The van der Waals surface area contributed by atoms with Gasteiger partial charge in [-0.15, -0.1) is 0 Å². The Balaban J connectivity index is 1.53. The molecule has 1 saturated heterocycles. The van der Waals surface area contributed by atoms with Crippen molar-refractivity contribution in [1.29, 1.82) is 5.26 Å². The fraction of sp³-hybridized carbons (Fsp3) is 0.517. The minimum atomic E-state index is -0.183. The Hall–Kier alpha value is -2.44. The van der Waals surface area contributed by atoms with Crippen molar-refractivity contribution in [2.24, 2.45) is 17.3 Å².